The zero-order valence-corrected chi connectivity index (χ0v) is 7.59. The monoisotopic (exact) mass is 164 g/mol. The van der Waals surface area contributed by atoms with Gasteiger partial charge in [-0.2, -0.15) is 5.10 Å². The molecule has 1 aliphatic carbocycles. The van der Waals surface area contributed by atoms with Gasteiger partial charge in [0.15, 0.2) is 5.78 Å². The van der Waals surface area contributed by atoms with Crippen LogP contribution in [0, 0.1) is 5.41 Å². The van der Waals surface area contributed by atoms with Crippen molar-refractivity contribution in [3.8, 4) is 0 Å². The number of hydrogen-bond acceptors (Lipinski definition) is 2. The highest BCUT2D eigenvalue weighted by Gasteiger charge is 2.39. The summed E-state index contributed by atoms with van der Waals surface area (Å²) in [4.78, 5) is 11.7. The van der Waals surface area contributed by atoms with Crippen LogP contribution in [-0.4, -0.2) is 15.6 Å². The van der Waals surface area contributed by atoms with Gasteiger partial charge in [-0.25, -0.2) is 0 Å². The van der Waals surface area contributed by atoms with Gasteiger partial charge in [0.25, 0.3) is 0 Å². The number of nitrogens with zero attached hydrogens (tertiary/aromatic N) is 2. The van der Waals surface area contributed by atoms with Crippen LogP contribution in [-0.2, 0) is 13.5 Å². The topological polar surface area (TPSA) is 34.9 Å². The largest absolute Gasteiger partial charge is 0.293 e. The molecule has 0 saturated carbocycles. The first kappa shape index (κ1) is 7.53. The summed E-state index contributed by atoms with van der Waals surface area (Å²) in [6.45, 7) is 3.94. The van der Waals surface area contributed by atoms with Crippen LogP contribution in [0.4, 0.5) is 0 Å². The first-order chi connectivity index (χ1) is 5.50. The second kappa shape index (κ2) is 1.97. The second-order valence-electron chi connectivity index (χ2n) is 4.05. The molecule has 0 aromatic carbocycles. The average molecular weight is 164 g/mol. The number of carbonyl (C=O) groups is 1. The van der Waals surface area contributed by atoms with E-state index in [1.807, 2.05) is 27.1 Å². The molecule has 1 aromatic heterocycles. The highest BCUT2D eigenvalue weighted by Crippen LogP contribution is 2.34. The normalized spacial score (nSPS) is 19.8. The van der Waals surface area contributed by atoms with Crippen LogP contribution in [0.25, 0.3) is 0 Å². The predicted molar refractivity (Wildman–Crippen MR) is 45.0 cm³/mol. The predicted octanol–water partition coefficient (Wildman–Crippen LogP) is 1.19. The summed E-state index contributed by atoms with van der Waals surface area (Å²) in [6, 6.07) is 0. The van der Waals surface area contributed by atoms with Crippen molar-refractivity contribution in [2.75, 3.05) is 0 Å². The maximum atomic E-state index is 11.7. The Hall–Kier alpha value is -1.12. The summed E-state index contributed by atoms with van der Waals surface area (Å²) < 4.78 is 1.71. The summed E-state index contributed by atoms with van der Waals surface area (Å²) in [5.41, 5.74) is 1.53. The Balaban J connectivity index is 2.53. The molecule has 0 aliphatic heterocycles. The van der Waals surface area contributed by atoms with E-state index in [-0.39, 0.29) is 11.2 Å². The van der Waals surface area contributed by atoms with E-state index in [1.54, 1.807) is 4.68 Å². The quantitative estimate of drug-likeness (QED) is 0.577. The lowest BCUT2D eigenvalue weighted by Gasteiger charge is -2.13. The van der Waals surface area contributed by atoms with Crippen molar-refractivity contribution in [2.24, 2.45) is 12.5 Å². The summed E-state index contributed by atoms with van der Waals surface area (Å²) in [5, 5.41) is 4.23. The maximum Gasteiger partial charge on any atom is 0.172 e. The van der Waals surface area contributed by atoms with E-state index in [9.17, 15) is 4.79 Å². The van der Waals surface area contributed by atoms with Gasteiger partial charge in [-0.05, 0) is 0 Å². The van der Waals surface area contributed by atoms with E-state index in [1.165, 1.54) is 0 Å². The minimum absolute atomic E-state index is 0.227. The molecule has 0 bridgehead atoms. The molecule has 3 heteroatoms. The molecule has 0 spiro atoms. The van der Waals surface area contributed by atoms with Gasteiger partial charge in [0.2, 0.25) is 0 Å². The molecule has 0 N–H and O–H groups in total. The van der Waals surface area contributed by atoms with Crippen LogP contribution >= 0.6 is 0 Å². The van der Waals surface area contributed by atoms with E-state index in [2.05, 4.69) is 5.10 Å². The number of rotatable bonds is 0. The third-order valence-corrected chi connectivity index (χ3v) is 2.37. The molecular formula is C9H12N2O. The van der Waals surface area contributed by atoms with E-state index in [0.29, 0.717) is 0 Å². The number of ketones is 1. The van der Waals surface area contributed by atoms with Gasteiger partial charge >= 0.3 is 0 Å². The van der Waals surface area contributed by atoms with Crippen LogP contribution in [0.2, 0.25) is 0 Å². The summed E-state index contributed by atoms with van der Waals surface area (Å²) >= 11 is 0. The molecule has 0 fully saturated rings. The minimum Gasteiger partial charge on any atom is -0.293 e. The number of fused-ring (bicyclic) bond motifs is 1. The zero-order valence-electron chi connectivity index (χ0n) is 7.59. The summed E-state index contributed by atoms with van der Waals surface area (Å²) in [7, 11) is 1.85. The first-order valence-corrected chi connectivity index (χ1v) is 4.08. The van der Waals surface area contributed by atoms with Gasteiger partial charge in [0.05, 0.1) is 11.3 Å². The Morgan fingerprint density at radius 1 is 1.58 bits per heavy atom. The lowest BCUT2D eigenvalue weighted by atomic mass is 9.89. The fourth-order valence-electron chi connectivity index (χ4n) is 1.72. The third kappa shape index (κ3) is 0.823. The lowest BCUT2D eigenvalue weighted by Crippen LogP contribution is -2.19. The van der Waals surface area contributed by atoms with Crippen LogP contribution in [0.15, 0.2) is 6.20 Å². The fourth-order valence-corrected chi connectivity index (χ4v) is 1.72. The SMILES string of the molecule is Cn1cc2c(n1)CC(C)(C)C2=O. The molecule has 64 valence electrons. The number of Topliss-reactive ketones (excluding diaryl/α,β-unsaturated/α-hetero) is 1. The number of hydrogen-bond donors (Lipinski definition) is 0. The number of carbonyl (C=O) groups excluding carboxylic acids is 1. The minimum atomic E-state index is -0.230. The Kier molecular flexibility index (Phi) is 1.24. The highest BCUT2D eigenvalue weighted by molar-refractivity contribution is 6.03. The molecule has 2 rings (SSSR count). The van der Waals surface area contributed by atoms with Gasteiger partial charge in [-0.1, -0.05) is 13.8 Å². The molecule has 3 nitrogen and oxygen atoms in total. The average Bonchev–Trinajstić information content (AvgIpc) is 2.35. The van der Waals surface area contributed by atoms with Crippen molar-refractivity contribution in [1.29, 1.82) is 0 Å². The highest BCUT2D eigenvalue weighted by atomic mass is 16.1. The molecule has 0 saturated heterocycles. The third-order valence-electron chi connectivity index (χ3n) is 2.37. The van der Waals surface area contributed by atoms with Crippen molar-refractivity contribution in [3.63, 3.8) is 0 Å². The molecule has 1 aromatic rings. The Labute approximate surface area is 71.4 Å². The van der Waals surface area contributed by atoms with Gasteiger partial charge in [0.1, 0.15) is 0 Å². The fraction of sp³-hybridized carbons (Fsp3) is 0.556. The Morgan fingerprint density at radius 2 is 2.25 bits per heavy atom. The molecule has 1 heterocycles. The maximum absolute atomic E-state index is 11.7. The molecule has 1 aliphatic rings. The smallest absolute Gasteiger partial charge is 0.172 e. The molecule has 0 radical (unpaired) electrons. The molecule has 0 amide bonds. The molecule has 0 unspecified atom stereocenters. The van der Waals surface area contributed by atoms with Crippen molar-refractivity contribution < 1.29 is 4.79 Å². The van der Waals surface area contributed by atoms with Gasteiger partial charge in [-0.15, -0.1) is 0 Å². The Bertz CT molecular complexity index is 349. The van der Waals surface area contributed by atoms with Gasteiger partial charge in [0, 0.05) is 25.1 Å². The van der Waals surface area contributed by atoms with Crippen molar-refractivity contribution in [1.82, 2.24) is 9.78 Å². The standard InChI is InChI=1S/C9H12N2O/c1-9(2)4-7-6(8(9)12)5-11(3)10-7/h5H,4H2,1-3H3. The van der Waals surface area contributed by atoms with Crippen LogP contribution in [0.5, 0.6) is 0 Å². The van der Waals surface area contributed by atoms with Gasteiger partial charge < -0.3 is 0 Å². The van der Waals surface area contributed by atoms with Crippen LogP contribution in [0.1, 0.15) is 29.9 Å². The van der Waals surface area contributed by atoms with E-state index >= 15 is 0 Å². The van der Waals surface area contributed by atoms with Crippen LogP contribution < -0.4 is 0 Å². The van der Waals surface area contributed by atoms with E-state index in [0.717, 1.165) is 17.7 Å². The van der Waals surface area contributed by atoms with Gasteiger partial charge in [-0.3, -0.25) is 9.48 Å². The molecule has 0 atom stereocenters. The zero-order chi connectivity index (χ0) is 8.93. The van der Waals surface area contributed by atoms with E-state index in [4.69, 9.17) is 0 Å². The first-order valence-electron chi connectivity index (χ1n) is 4.08. The lowest BCUT2D eigenvalue weighted by molar-refractivity contribution is 0.0862. The van der Waals surface area contributed by atoms with Crippen molar-refractivity contribution in [2.45, 2.75) is 20.3 Å². The Morgan fingerprint density at radius 3 is 2.83 bits per heavy atom. The number of aryl methyl sites for hydroxylation is 1. The summed E-state index contributed by atoms with van der Waals surface area (Å²) in [6.07, 6.45) is 2.59. The van der Waals surface area contributed by atoms with E-state index < -0.39 is 0 Å². The van der Waals surface area contributed by atoms with Crippen LogP contribution in [0.3, 0.4) is 0 Å². The number of aromatic nitrogens is 2. The van der Waals surface area contributed by atoms with Crippen molar-refractivity contribution in [3.05, 3.63) is 17.5 Å². The molecular weight excluding hydrogens is 152 g/mol. The molecule has 12 heavy (non-hydrogen) atoms. The summed E-state index contributed by atoms with van der Waals surface area (Å²) in [5.74, 6) is 0.227. The van der Waals surface area contributed by atoms with Crippen molar-refractivity contribution >= 4 is 5.78 Å². The second-order valence-corrected chi connectivity index (χ2v) is 4.05.